The fourth-order valence-electron chi connectivity index (χ4n) is 4.90. The summed E-state index contributed by atoms with van der Waals surface area (Å²) < 4.78 is 0. The van der Waals surface area contributed by atoms with Crippen molar-refractivity contribution in [2.75, 3.05) is 0 Å². The van der Waals surface area contributed by atoms with Crippen LogP contribution in [-0.2, 0) is 10.9 Å². The minimum atomic E-state index is -0.668. The van der Waals surface area contributed by atoms with E-state index in [9.17, 15) is 0 Å². The number of benzene rings is 4. The number of nitrogens with zero attached hydrogens (tertiary/aromatic N) is 3. The molecule has 0 bridgehead atoms. The zero-order chi connectivity index (χ0) is 30.0. The Morgan fingerprint density at radius 1 is 0.714 bits per heavy atom. The van der Waals surface area contributed by atoms with Gasteiger partial charge in [-0.2, -0.15) is 5.26 Å². The summed E-state index contributed by atoms with van der Waals surface area (Å²) in [7, 11) is 0.582. The molecule has 42 heavy (non-hydrogen) atoms. The van der Waals surface area contributed by atoms with Gasteiger partial charge in [-0.3, -0.25) is 9.98 Å². The molecule has 1 fully saturated rings. The molecule has 0 amide bonds. The van der Waals surface area contributed by atoms with Gasteiger partial charge in [-0.05, 0) is 54.7 Å². The molecule has 1 aliphatic rings. The quantitative estimate of drug-likeness (QED) is 0.106. The second-order valence-electron chi connectivity index (χ2n) is 9.67. The Morgan fingerprint density at radius 2 is 1.12 bits per heavy atom. The number of hydrogen-bond acceptors (Lipinski definition) is 3. The molecule has 3 nitrogen and oxygen atoms in total. The van der Waals surface area contributed by atoms with Crippen LogP contribution in [0.25, 0.3) is 0 Å². The summed E-state index contributed by atoms with van der Waals surface area (Å²) >= 11 is 6.00. The summed E-state index contributed by atoms with van der Waals surface area (Å²) in [6.45, 7) is 3.58. The molecule has 0 aliphatic heterocycles. The molecule has 0 spiro atoms. The van der Waals surface area contributed by atoms with E-state index in [1.165, 1.54) is 63.3 Å². The molecule has 0 saturated heterocycles. The van der Waals surface area contributed by atoms with Crippen LogP contribution in [0, 0.1) is 18.3 Å². The van der Waals surface area contributed by atoms with Crippen LogP contribution < -0.4 is 15.9 Å². The fourth-order valence-corrected chi connectivity index (χ4v) is 7.33. The Labute approximate surface area is 272 Å². The second-order valence-corrected chi connectivity index (χ2v) is 16.8. The molecule has 0 radical (unpaired) electrons. The normalized spacial score (nSPS) is 16.4. The number of aryl methyl sites for hydroxylation is 1. The van der Waals surface area contributed by atoms with Crippen LogP contribution in [0.3, 0.4) is 0 Å². The summed E-state index contributed by atoms with van der Waals surface area (Å²) in [5, 5.41) is 11.4. The topological polar surface area (TPSA) is 48.5 Å². The van der Waals surface area contributed by atoms with Crippen molar-refractivity contribution < 1.29 is 10.9 Å². The fraction of sp³-hybridized carbons (Fsp3) is 0.229. The molecule has 1 saturated carbocycles. The molecule has 0 aromatic heterocycles. The van der Waals surface area contributed by atoms with Crippen LogP contribution in [0.15, 0.2) is 119 Å². The zero-order valence-electron chi connectivity index (χ0n) is 23.9. The Morgan fingerprint density at radius 3 is 1.62 bits per heavy atom. The first-order valence-corrected chi connectivity index (χ1v) is 20.1. The average Bonchev–Trinajstić information content (AvgIpc) is 3.03. The van der Waals surface area contributed by atoms with E-state index in [2.05, 4.69) is 157 Å². The number of hydrogen-bond donors (Lipinski definition) is 0. The van der Waals surface area contributed by atoms with E-state index in [0.29, 0.717) is 0 Å². The molecule has 0 N–H and O–H groups in total. The van der Waals surface area contributed by atoms with Crippen molar-refractivity contribution >= 4 is 64.7 Å². The van der Waals surface area contributed by atoms with Crippen LogP contribution in [0.5, 0.6) is 0 Å². The van der Waals surface area contributed by atoms with Crippen molar-refractivity contribution in [1.82, 2.24) is 0 Å². The maximum atomic E-state index is 7.32. The molecule has 5 rings (SSSR count). The SMILES string of the molecule is CC#N.Cc1ccccc1C=NC1CCCCC1N=Cc1ccccc1P(c1ccccc1)c1ccccc1.[Br][Ni][Br]. The molecular formula is C35H36Br2N3NiP. The van der Waals surface area contributed by atoms with E-state index in [4.69, 9.17) is 15.2 Å². The summed E-state index contributed by atoms with van der Waals surface area (Å²) in [5.74, 6) is 0. The van der Waals surface area contributed by atoms with Crippen LogP contribution in [0.4, 0.5) is 0 Å². The van der Waals surface area contributed by atoms with E-state index in [0.717, 1.165) is 12.8 Å². The van der Waals surface area contributed by atoms with E-state index in [1.54, 1.807) is 6.07 Å². The monoisotopic (exact) mass is 745 g/mol. The van der Waals surface area contributed by atoms with Gasteiger partial charge in [-0.15, -0.1) is 0 Å². The third-order valence-electron chi connectivity index (χ3n) is 6.90. The second kappa shape index (κ2) is 19.7. The van der Waals surface area contributed by atoms with E-state index < -0.39 is 7.92 Å². The van der Waals surface area contributed by atoms with Gasteiger partial charge in [-0.1, -0.05) is 122 Å². The van der Waals surface area contributed by atoms with Gasteiger partial charge < -0.3 is 0 Å². The van der Waals surface area contributed by atoms with Gasteiger partial charge in [0, 0.05) is 24.9 Å². The summed E-state index contributed by atoms with van der Waals surface area (Å²) in [4.78, 5) is 10.2. The summed E-state index contributed by atoms with van der Waals surface area (Å²) in [6, 6.07) is 41.2. The number of rotatable bonds is 7. The molecule has 1 aliphatic carbocycles. The minimum absolute atomic E-state index is 0.228. The Balaban J connectivity index is 0.000000745. The standard InChI is InChI=1S/C33H33N2P.C2H3N.2BrH.Ni/c1-26-14-8-9-15-27(26)24-34-31-21-11-12-22-32(31)35-25-28-16-10-13-23-33(28)36(29-17-4-2-5-18-29)30-19-6-3-7-20-30;1-2-3;;;/h2-10,13-20,23-25,31-32H,11-12,21-22H2,1H3;1H3;2*1H;/q;;;;+2/p-2. The van der Waals surface area contributed by atoms with Gasteiger partial charge in [-0.25, -0.2) is 0 Å². The van der Waals surface area contributed by atoms with Crippen molar-refractivity contribution in [1.29, 1.82) is 5.26 Å². The van der Waals surface area contributed by atoms with Crippen LogP contribution in [-0.4, -0.2) is 24.5 Å². The Kier molecular flexibility index (Phi) is 16.0. The maximum absolute atomic E-state index is 7.32. The van der Waals surface area contributed by atoms with Crippen molar-refractivity contribution in [2.24, 2.45) is 9.98 Å². The molecule has 2 unspecified atom stereocenters. The Bertz CT molecular complexity index is 1400. The van der Waals surface area contributed by atoms with Crippen molar-refractivity contribution in [3.63, 3.8) is 0 Å². The molecule has 2 atom stereocenters. The van der Waals surface area contributed by atoms with Gasteiger partial charge in [0.2, 0.25) is 0 Å². The molecule has 220 valence electrons. The molecular weight excluding hydrogens is 712 g/mol. The number of halogens is 2. The summed E-state index contributed by atoms with van der Waals surface area (Å²) in [5.41, 5.74) is 3.68. The first-order chi connectivity index (χ1) is 20.6. The predicted molar refractivity (Wildman–Crippen MR) is 187 cm³/mol. The molecule has 4 aromatic rings. The van der Waals surface area contributed by atoms with Gasteiger partial charge in [0.05, 0.1) is 18.2 Å². The van der Waals surface area contributed by atoms with Gasteiger partial charge in [0.25, 0.3) is 0 Å². The summed E-state index contributed by atoms with van der Waals surface area (Å²) in [6.07, 6.45) is 8.84. The predicted octanol–water partition coefficient (Wildman–Crippen LogP) is 8.82. The van der Waals surface area contributed by atoms with Gasteiger partial charge >= 0.3 is 39.3 Å². The molecule has 4 aromatic carbocycles. The van der Waals surface area contributed by atoms with Crippen molar-refractivity contribution in [3.05, 3.63) is 126 Å². The van der Waals surface area contributed by atoms with Gasteiger partial charge in [0.15, 0.2) is 0 Å². The van der Waals surface area contributed by atoms with Crippen molar-refractivity contribution in [2.45, 2.75) is 51.6 Å². The zero-order valence-corrected chi connectivity index (χ0v) is 28.9. The van der Waals surface area contributed by atoms with E-state index >= 15 is 0 Å². The van der Waals surface area contributed by atoms with Crippen molar-refractivity contribution in [3.8, 4) is 6.07 Å². The molecule has 7 heteroatoms. The third-order valence-corrected chi connectivity index (χ3v) is 9.42. The Hall–Kier alpha value is -2.41. The third kappa shape index (κ3) is 10.7. The molecule has 0 heterocycles. The van der Waals surface area contributed by atoms with Crippen LogP contribution in [0.1, 0.15) is 49.3 Å². The van der Waals surface area contributed by atoms with Crippen LogP contribution >= 0.6 is 36.4 Å². The first kappa shape index (κ1) is 34.1. The number of nitriles is 1. The van der Waals surface area contributed by atoms with E-state index in [1.807, 2.05) is 0 Å². The van der Waals surface area contributed by atoms with Gasteiger partial charge in [0.1, 0.15) is 0 Å². The first-order valence-electron chi connectivity index (χ1n) is 13.9. The van der Waals surface area contributed by atoms with Crippen LogP contribution in [0.2, 0.25) is 0 Å². The average molecular weight is 748 g/mol. The number of aliphatic imine (C=N–C) groups is 2. The van der Waals surface area contributed by atoms with E-state index in [-0.39, 0.29) is 12.1 Å².